The van der Waals surface area contributed by atoms with Crippen LogP contribution in [-0.2, 0) is 19.0 Å². The van der Waals surface area contributed by atoms with Crippen LogP contribution in [-0.4, -0.2) is 53.9 Å². The summed E-state index contributed by atoms with van der Waals surface area (Å²) >= 11 is 0. The van der Waals surface area contributed by atoms with Crippen LogP contribution in [0.1, 0.15) is 17.0 Å². The minimum atomic E-state index is -3.79. The Morgan fingerprint density at radius 3 is 2.35 bits per heavy atom. The van der Waals surface area contributed by atoms with E-state index in [1.54, 1.807) is 24.3 Å². The topological polar surface area (TPSA) is 91.1 Å². The standard InChI is InChI=1S/C28H30N2O6S/c1-21-4-12-25(13-5-21)37(31,32)35-19-17-33-16-18-34-24-11-14-27-26(20-24)29-28(36-27)15-8-22-6-9-23(10-7-22)30(2)3/h4-15,20H,16-19H2,1-3H3. The molecule has 0 fully saturated rings. The van der Waals surface area contributed by atoms with Crippen molar-refractivity contribution in [3.8, 4) is 5.75 Å². The summed E-state index contributed by atoms with van der Waals surface area (Å²) in [5, 5.41) is 0. The van der Waals surface area contributed by atoms with Gasteiger partial charge >= 0.3 is 0 Å². The van der Waals surface area contributed by atoms with E-state index in [2.05, 4.69) is 22.0 Å². The molecule has 0 aliphatic rings. The van der Waals surface area contributed by atoms with Gasteiger partial charge < -0.3 is 18.8 Å². The van der Waals surface area contributed by atoms with E-state index in [-0.39, 0.29) is 24.7 Å². The molecular formula is C28H30N2O6S. The molecule has 8 nitrogen and oxygen atoms in total. The van der Waals surface area contributed by atoms with Crippen molar-refractivity contribution >= 4 is 39.1 Å². The van der Waals surface area contributed by atoms with Crippen LogP contribution in [0.15, 0.2) is 76.0 Å². The largest absolute Gasteiger partial charge is 0.491 e. The van der Waals surface area contributed by atoms with Crippen LogP contribution in [0.5, 0.6) is 5.75 Å². The quantitative estimate of drug-likeness (QED) is 0.186. The van der Waals surface area contributed by atoms with E-state index < -0.39 is 10.1 Å². The van der Waals surface area contributed by atoms with E-state index >= 15 is 0 Å². The molecule has 0 bridgehead atoms. The van der Waals surface area contributed by atoms with Gasteiger partial charge in [0.1, 0.15) is 17.9 Å². The van der Waals surface area contributed by atoms with Crippen LogP contribution >= 0.6 is 0 Å². The fourth-order valence-electron chi connectivity index (χ4n) is 3.43. The smallest absolute Gasteiger partial charge is 0.297 e. The molecule has 0 spiro atoms. The first kappa shape index (κ1) is 26.4. The second-order valence-electron chi connectivity index (χ2n) is 8.55. The van der Waals surface area contributed by atoms with Gasteiger partial charge in [-0.3, -0.25) is 4.18 Å². The Bertz CT molecular complexity index is 1440. The first-order valence-corrected chi connectivity index (χ1v) is 13.2. The van der Waals surface area contributed by atoms with Crippen LogP contribution in [0.25, 0.3) is 23.3 Å². The van der Waals surface area contributed by atoms with Crippen LogP contribution in [0.4, 0.5) is 5.69 Å². The molecule has 0 radical (unpaired) electrons. The van der Waals surface area contributed by atoms with Gasteiger partial charge in [0.15, 0.2) is 5.58 Å². The summed E-state index contributed by atoms with van der Waals surface area (Å²) in [6.07, 6.45) is 3.79. The summed E-state index contributed by atoms with van der Waals surface area (Å²) in [7, 11) is 0.223. The number of hydrogen-bond acceptors (Lipinski definition) is 8. The minimum Gasteiger partial charge on any atom is -0.491 e. The highest BCUT2D eigenvalue weighted by Gasteiger charge is 2.14. The molecule has 0 aliphatic carbocycles. The number of fused-ring (bicyclic) bond motifs is 1. The van der Waals surface area contributed by atoms with Gasteiger partial charge in [-0.2, -0.15) is 8.42 Å². The highest BCUT2D eigenvalue weighted by molar-refractivity contribution is 7.86. The number of nitrogens with zero attached hydrogens (tertiary/aromatic N) is 2. The molecule has 0 unspecified atom stereocenters. The number of anilines is 1. The first-order chi connectivity index (χ1) is 17.8. The molecule has 4 rings (SSSR count). The maximum absolute atomic E-state index is 12.2. The van der Waals surface area contributed by atoms with Gasteiger partial charge in [0, 0.05) is 31.9 Å². The Balaban J connectivity index is 1.21. The highest BCUT2D eigenvalue weighted by atomic mass is 32.2. The van der Waals surface area contributed by atoms with Crippen LogP contribution in [0.3, 0.4) is 0 Å². The summed E-state index contributed by atoms with van der Waals surface area (Å²) in [5.41, 5.74) is 4.52. The van der Waals surface area contributed by atoms with Crippen molar-refractivity contribution in [2.75, 3.05) is 45.4 Å². The van der Waals surface area contributed by atoms with Gasteiger partial charge in [-0.1, -0.05) is 29.8 Å². The SMILES string of the molecule is Cc1ccc(S(=O)(=O)OCCOCCOc2ccc3oc(C=Cc4ccc(N(C)C)cc4)nc3c2)cc1. The first-order valence-electron chi connectivity index (χ1n) is 11.8. The van der Waals surface area contributed by atoms with Crippen molar-refractivity contribution in [2.45, 2.75) is 11.8 Å². The molecule has 0 saturated carbocycles. The molecule has 194 valence electrons. The van der Waals surface area contributed by atoms with Gasteiger partial charge in [0.2, 0.25) is 5.89 Å². The van der Waals surface area contributed by atoms with Crippen LogP contribution in [0.2, 0.25) is 0 Å². The van der Waals surface area contributed by atoms with Crippen molar-refractivity contribution in [3.63, 3.8) is 0 Å². The molecular weight excluding hydrogens is 492 g/mol. The van der Waals surface area contributed by atoms with Crippen LogP contribution < -0.4 is 9.64 Å². The van der Waals surface area contributed by atoms with E-state index in [1.807, 2.05) is 51.4 Å². The lowest BCUT2D eigenvalue weighted by atomic mass is 10.2. The van der Waals surface area contributed by atoms with Gasteiger partial charge in [0.05, 0.1) is 24.7 Å². The normalized spacial score (nSPS) is 11.9. The zero-order valence-corrected chi connectivity index (χ0v) is 21.9. The number of rotatable bonds is 12. The molecule has 1 heterocycles. The predicted octanol–water partition coefficient (Wildman–Crippen LogP) is 5.17. The number of benzene rings is 3. The van der Waals surface area contributed by atoms with E-state index in [9.17, 15) is 8.42 Å². The Morgan fingerprint density at radius 2 is 1.62 bits per heavy atom. The molecule has 4 aromatic rings. The van der Waals surface area contributed by atoms with Crippen molar-refractivity contribution in [2.24, 2.45) is 0 Å². The van der Waals surface area contributed by atoms with Gasteiger partial charge in [-0.15, -0.1) is 0 Å². The molecule has 0 aliphatic heterocycles. The predicted molar refractivity (Wildman–Crippen MR) is 144 cm³/mol. The minimum absolute atomic E-state index is 0.0722. The molecule has 0 saturated heterocycles. The molecule has 37 heavy (non-hydrogen) atoms. The van der Waals surface area contributed by atoms with E-state index in [4.69, 9.17) is 18.1 Å². The fraction of sp³-hybridized carbons (Fsp3) is 0.250. The van der Waals surface area contributed by atoms with Gasteiger partial charge in [-0.05, 0) is 55.0 Å². The average Bonchev–Trinajstić information content (AvgIpc) is 3.29. The third kappa shape index (κ3) is 7.42. The van der Waals surface area contributed by atoms with Crippen molar-refractivity contribution in [1.82, 2.24) is 4.98 Å². The summed E-state index contributed by atoms with van der Waals surface area (Å²) in [6.45, 7) is 2.52. The summed E-state index contributed by atoms with van der Waals surface area (Å²) in [6, 6.07) is 20.1. The summed E-state index contributed by atoms with van der Waals surface area (Å²) in [5.74, 6) is 1.14. The van der Waals surface area contributed by atoms with E-state index in [1.165, 1.54) is 12.1 Å². The second kappa shape index (κ2) is 12.1. The van der Waals surface area contributed by atoms with Crippen molar-refractivity contribution in [1.29, 1.82) is 0 Å². The molecule has 0 amide bonds. The number of ether oxygens (including phenoxy) is 2. The average molecular weight is 523 g/mol. The summed E-state index contributed by atoms with van der Waals surface area (Å²) < 4.78 is 46.3. The number of oxazole rings is 1. The molecule has 1 aromatic heterocycles. The Labute approximate surface area is 217 Å². The lowest BCUT2D eigenvalue weighted by Crippen LogP contribution is -2.14. The summed E-state index contributed by atoms with van der Waals surface area (Å²) in [4.78, 5) is 6.69. The number of hydrogen-bond donors (Lipinski definition) is 0. The molecule has 0 N–H and O–H groups in total. The lowest BCUT2D eigenvalue weighted by molar-refractivity contribution is 0.0779. The van der Waals surface area contributed by atoms with Crippen LogP contribution in [0, 0.1) is 6.92 Å². The molecule has 0 atom stereocenters. The van der Waals surface area contributed by atoms with E-state index in [0.29, 0.717) is 29.3 Å². The third-order valence-electron chi connectivity index (χ3n) is 5.48. The maximum Gasteiger partial charge on any atom is 0.297 e. The number of aryl methyl sites for hydroxylation is 1. The van der Waals surface area contributed by atoms with E-state index in [0.717, 1.165) is 16.8 Å². The lowest BCUT2D eigenvalue weighted by Gasteiger charge is -2.11. The third-order valence-corrected chi connectivity index (χ3v) is 6.80. The monoisotopic (exact) mass is 522 g/mol. The van der Waals surface area contributed by atoms with Gasteiger partial charge in [-0.25, -0.2) is 4.98 Å². The van der Waals surface area contributed by atoms with Gasteiger partial charge in [0.25, 0.3) is 10.1 Å². The Kier molecular flexibility index (Phi) is 8.60. The molecule has 3 aromatic carbocycles. The Hall–Kier alpha value is -3.66. The Morgan fingerprint density at radius 1 is 0.892 bits per heavy atom. The van der Waals surface area contributed by atoms with Crippen molar-refractivity contribution in [3.05, 3.63) is 83.7 Å². The second-order valence-corrected chi connectivity index (χ2v) is 10.2. The fourth-order valence-corrected chi connectivity index (χ4v) is 4.33. The zero-order chi connectivity index (χ0) is 26.3. The highest BCUT2D eigenvalue weighted by Crippen LogP contribution is 2.23. The van der Waals surface area contributed by atoms with Crippen molar-refractivity contribution < 1.29 is 26.5 Å². The number of aromatic nitrogens is 1. The maximum atomic E-state index is 12.2. The zero-order valence-electron chi connectivity index (χ0n) is 21.1. The molecule has 9 heteroatoms.